The van der Waals surface area contributed by atoms with Gasteiger partial charge in [0.2, 0.25) is 5.91 Å². The molecule has 0 aliphatic rings. The van der Waals surface area contributed by atoms with Crippen LogP contribution in [0.5, 0.6) is 0 Å². The summed E-state index contributed by atoms with van der Waals surface area (Å²) in [7, 11) is -4.08. The molecule has 0 bridgehead atoms. The van der Waals surface area contributed by atoms with Crippen LogP contribution in [0.15, 0.2) is 11.9 Å². The summed E-state index contributed by atoms with van der Waals surface area (Å²) in [5.74, 6) is -1.26. The molecule has 0 aromatic carbocycles. The number of esters is 2. The van der Waals surface area contributed by atoms with Crippen LogP contribution < -0.4 is 0 Å². The minimum Gasteiger partial charge on any atom is -0.458 e. The highest BCUT2D eigenvalue weighted by molar-refractivity contribution is 7.57. The quantitative estimate of drug-likeness (QED) is 0.257. The number of carbonyl (C=O) groups excluding carboxylic acids is 3. The molecule has 28 heavy (non-hydrogen) atoms. The monoisotopic (exact) mass is 423 g/mol. The lowest BCUT2D eigenvalue weighted by molar-refractivity contribution is -0.160. The van der Waals surface area contributed by atoms with Crippen molar-refractivity contribution in [3.63, 3.8) is 0 Å². The van der Waals surface area contributed by atoms with Crippen LogP contribution in [-0.2, 0) is 37.5 Å². The second-order valence-corrected chi connectivity index (χ2v) is 9.64. The largest absolute Gasteiger partial charge is 0.458 e. The predicted octanol–water partition coefficient (Wildman–Crippen LogP) is 2.65. The lowest BCUT2D eigenvalue weighted by atomic mass is 10.2. The minimum atomic E-state index is -4.08. The van der Waals surface area contributed by atoms with Crippen LogP contribution in [-0.4, -0.2) is 59.1 Å². The average Bonchev–Trinajstić information content (AvgIpc) is 2.48. The van der Waals surface area contributed by atoms with Crippen LogP contribution in [0.2, 0.25) is 0 Å². The van der Waals surface area contributed by atoms with E-state index in [-0.39, 0.29) is 6.54 Å². The van der Waals surface area contributed by atoms with Gasteiger partial charge in [-0.05, 0) is 41.5 Å². The Morgan fingerprint density at radius 3 is 1.64 bits per heavy atom. The molecule has 0 heterocycles. The summed E-state index contributed by atoms with van der Waals surface area (Å²) in [5.41, 5.74) is -1.53. The zero-order valence-electron chi connectivity index (χ0n) is 17.4. The molecule has 0 aliphatic heterocycles. The molecule has 0 aromatic heterocycles. The van der Waals surface area contributed by atoms with Crippen molar-refractivity contribution in [2.45, 2.75) is 59.7 Å². The van der Waals surface area contributed by atoms with Gasteiger partial charge in [0.15, 0.2) is 13.2 Å². The highest BCUT2D eigenvalue weighted by Gasteiger charge is 2.27. The number of hydroxylamine groups is 2. The maximum absolute atomic E-state index is 12.8. The molecule has 0 rings (SSSR count). The topological polar surface area (TPSA) is 129 Å². The van der Waals surface area contributed by atoms with Gasteiger partial charge in [-0.15, -0.1) is 0 Å². The second kappa shape index (κ2) is 10.7. The van der Waals surface area contributed by atoms with Gasteiger partial charge in [0.1, 0.15) is 11.2 Å². The first-order valence-electron chi connectivity index (χ1n) is 8.50. The lowest BCUT2D eigenvalue weighted by Gasteiger charge is -2.22. The van der Waals surface area contributed by atoms with Gasteiger partial charge in [0, 0.05) is 12.7 Å². The Kier molecular flexibility index (Phi) is 10.0. The summed E-state index contributed by atoms with van der Waals surface area (Å²) in [6.07, 6.45) is 1.15. The number of hydrogen-bond acceptors (Lipinski definition) is 9. The number of ether oxygens (including phenoxy) is 2. The smallest absolute Gasteiger partial charge is 0.355 e. The Bertz CT molecular complexity index is 596. The molecule has 162 valence electrons. The molecule has 0 spiro atoms. The van der Waals surface area contributed by atoms with E-state index in [4.69, 9.17) is 18.5 Å². The van der Waals surface area contributed by atoms with Crippen molar-refractivity contribution in [1.82, 2.24) is 5.06 Å². The van der Waals surface area contributed by atoms with E-state index in [1.54, 1.807) is 41.5 Å². The molecule has 1 amide bonds. The third kappa shape index (κ3) is 13.4. The number of carbonyl (C=O) groups is 3. The van der Waals surface area contributed by atoms with E-state index in [2.05, 4.69) is 0 Å². The second-order valence-electron chi connectivity index (χ2n) is 7.75. The Hall–Kier alpha value is -1.74. The minimum absolute atomic E-state index is 0.301. The van der Waals surface area contributed by atoms with Gasteiger partial charge in [-0.3, -0.25) is 23.6 Å². The Morgan fingerprint density at radius 2 is 1.32 bits per heavy atom. The summed E-state index contributed by atoms with van der Waals surface area (Å²) < 4.78 is 33.0. The van der Waals surface area contributed by atoms with Gasteiger partial charge in [-0.1, -0.05) is 6.08 Å². The summed E-state index contributed by atoms with van der Waals surface area (Å²) in [4.78, 5) is 34.5. The zero-order valence-corrected chi connectivity index (χ0v) is 18.3. The van der Waals surface area contributed by atoms with E-state index in [1.165, 1.54) is 0 Å². The molecule has 0 aromatic rings. The molecular formula is C17H30NO9P. The number of hydrogen-bond donors (Lipinski definition) is 1. The molecule has 10 nitrogen and oxygen atoms in total. The fraction of sp³-hybridized carbons (Fsp3) is 0.706. The van der Waals surface area contributed by atoms with E-state index in [0.717, 1.165) is 18.8 Å². The van der Waals surface area contributed by atoms with Crippen LogP contribution in [0.4, 0.5) is 0 Å². The molecule has 0 radical (unpaired) electrons. The normalized spacial score (nSPS) is 12.7. The molecule has 0 aliphatic carbocycles. The van der Waals surface area contributed by atoms with Crippen molar-refractivity contribution in [3.05, 3.63) is 11.9 Å². The summed E-state index contributed by atoms with van der Waals surface area (Å²) in [6, 6.07) is 0. The molecular weight excluding hydrogens is 393 g/mol. The van der Waals surface area contributed by atoms with Crippen molar-refractivity contribution in [2.24, 2.45) is 0 Å². The van der Waals surface area contributed by atoms with Crippen molar-refractivity contribution in [1.29, 1.82) is 0 Å². The molecule has 0 fully saturated rings. The van der Waals surface area contributed by atoms with E-state index >= 15 is 0 Å². The van der Waals surface area contributed by atoms with Gasteiger partial charge < -0.3 is 9.47 Å². The van der Waals surface area contributed by atoms with E-state index in [1.807, 2.05) is 0 Å². The van der Waals surface area contributed by atoms with Crippen LogP contribution in [0.1, 0.15) is 48.5 Å². The standard InChI is InChI=1S/C17H30NO9P/c1-13(19)18(22)9-8-10-28(23,24-11-14(20)26-16(2,3)4)25-12-15(21)27-17(5,6)7/h8,10,22H,9,11-12H2,1-7H3/b10-8+. The third-order valence-corrected chi connectivity index (χ3v) is 4.05. The van der Waals surface area contributed by atoms with E-state index < -0.39 is 49.9 Å². The predicted molar refractivity (Wildman–Crippen MR) is 99.5 cm³/mol. The Labute approximate surface area is 165 Å². The summed E-state index contributed by atoms with van der Waals surface area (Å²) >= 11 is 0. The van der Waals surface area contributed by atoms with Crippen LogP contribution in [0.3, 0.4) is 0 Å². The maximum Gasteiger partial charge on any atom is 0.355 e. The SMILES string of the molecule is CC(=O)N(O)C/C=C/P(=O)(OCC(=O)OC(C)(C)C)OCC(=O)OC(C)(C)C. The first-order valence-corrected chi connectivity index (χ1v) is 10.1. The highest BCUT2D eigenvalue weighted by Crippen LogP contribution is 2.49. The molecule has 0 atom stereocenters. The molecule has 0 saturated carbocycles. The summed E-state index contributed by atoms with van der Waals surface area (Å²) in [6.45, 7) is 9.37. The number of rotatable bonds is 9. The molecule has 0 saturated heterocycles. The van der Waals surface area contributed by atoms with Gasteiger partial charge in [0.25, 0.3) is 0 Å². The lowest BCUT2D eigenvalue weighted by Crippen LogP contribution is -2.27. The molecule has 11 heteroatoms. The van der Waals surface area contributed by atoms with E-state index in [0.29, 0.717) is 5.06 Å². The van der Waals surface area contributed by atoms with Crippen LogP contribution >= 0.6 is 7.60 Å². The van der Waals surface area contributed by atoms with Gasteiger partial charge in [-0.2, -0.15) is 0 Å². The van der Waals surface area contributed by atoms with Gasteiger partial charge in [-0.25, -0.2) is 14.7 Å². The maximum atomic E-state index is 12.8. The number of nitrogens with zero attached hydrogens (tertiary/aromatic N) is 1. The van der Waals surface area contributed by atoms with Crippen molar-refractivity contribution in [3.8, 4) is 0 Å². The highest BCUT2D eigenvalue weighted by atomic mass is 31.2. The van der Waals surface area contributed by atoms with Crippen molar-refractivity contribution >= 4 is 25.4 Å². The first-order chi connectivity index (χ1) is 12.5. The molecule has 1 N–H and O–H groups in total. The Balaban J connectivity index is 5.06. The van der Waals surface area contributed by atoms with Crippen molar-refractivity contribution < 1.29 is 42.7 Å². The van der Waals surface area contributed by atoms with E-state index in [9.17, 15) is 24.2 Å². The first kappa shape index (κ1) is 26.3. The van der Waals surface area contributed by atoms with Gasteiger partial charge in [0.05, 0.1) is 6.54 Å². The van der Waals surface area contributed by atoms with Gasteiger partial charge >= 0.3 is 19.5 Å². The molecule has 0 unspecified atom stereocenters. The third-order valence-electron chi connectivity index (χ3n) is 2.49. The fourth-order valence-corrected chi connectivity index (χ4v) is 2.73. The average molecular weight is 423 g/mol. The van der Waals surface area contributed by atoms with Crippen LogP contribution in [0.25, 0.3) is 0 Å². The summed E-state index contributed by atoms with van der Waals surface area (Å²) in [5, 5.41) is 9.69. The fourth-order valence-electron chi connectivity index (χ4n) is 1.56. The zero-order chi connectivity index (χ0) is 22.2. The Morgan fingerprint density at radius 1 is 0.929 bits per heavy atom. The van der Waals surface area contributed by atoms with Crippen LogP contribution in [0, 0.1) is 0 Å². The van der Waals surface area contributed by atoms with Crippen molar-refractivity contribution in [2.75, 3.05) is 19.8 Å². The number of amides is 1.